The monoisotopic (exact) mass is 431 g/mol. The molecule has 5 heteroatoms. The lowest BCUT2D eigenvalue weighted by Crippen LogP contribution is -2.41. The third-order valence-electron chi connectivity index (χ3n) is 6.08. The van der Waals surface area contributed by atoms with Gasteiger partial charge in [0.15, 0.2) is 5.96 Å². The van der Waals surface area contributed by atoms with Crippen LogP contribution in [0.5, 0.6) is 0 Å². The summed E-state index contributed by atoms with van der Waals surface area (Å²) in [5.41, 5.74) is 1.64. The molecule has 3 saturated heterocycles. The summed E-state index contributed by atoms with van der Waals surface area (Å²) < 4.78 is 6.07. The predicted molar refractivity (Wildman–Crippen MR) is 104 cm³/mol. The molecule has 4 rings (SSSR count). The van der Waals surface area contributed by atoms with Crippen molar-refractivity contribution in [3.63, 3.8) is 0 Å². The first-order valence-corrected chi connectivity index (χ1v) is 9.14. The summed E-state index contributed by atoms with van der Waals surface area (Å²) in [7, 11) is 1.92. The molecule has 0 spiro atoms. The smallest absolute Gasteiger partial charge is 0.193 e. The minimum absolute atomic E-state index is 0. The Kier molecular flexibility index (Phi) is 5.88. The number of fused-ring (bicyclic) bond motifs is 5. The van der Waals surface area contributed by atoms with Crippen molar-refractivity contribution in [3.05, 3.63) is 11.6 Å². The Morgan fingerprint density at radius 1 is 1.26 bits per heavy atom. The van der Waals surface area contributed by atoms with Gasteiger partial charge in [-0.25, -0.2) is 0 Å². The van der Waals surface area contributed by atoms with Gasteiger partial charge in [0.2, 0.25) is 0 Å². The van der Waals surface area contributed by atoms with E-state index in [-0.39, 0.29) is 24.0 Å². The maximum atomic E-state index is 6.07. The van der Waals surface area contributed by atoms with Crippen LogP contribution in [0.25, 0.3) is 0 Å². The van der Waals surface area contributed by atoms with E-state index in [2.05, 4.69) is 21.3 Å². The van der Waals surface area contributed by atoms with Gasteiger partial charge in [-0.15, -0.1) is 24.0 Å². The molecule has 1 N–H and O–H groups in total. The van der Waals surface area contributed by atoms with Gasteiger partial charge in [0.25, 0.3) is 0 Å². The maximum absolute atomic E-state index is 6.07. The average Bonchev–Trinajstić information content (AvgIpc) is 3.25. The third kappa shape index (κ3) is 3.55. The van der Waals surface area contributed by atoms with Crippen molar-refractivity contribution in [2.45, 2.75) is 57.2 Å². The number of allylic oxidation sites excluding steroid dienone is 1. The van der Waals surface area contributed by atoms with Gasteiger partial charge < -0.3 is 15.0 Å². The van der Waals surface area contributed by atoms with Gasteiger partial charge in [0.05, 0.1) is 12.2 Å². The lowest BCUT2D eigenvalue weighted by atomic mass is 9.82. The zero-order chi connectivity index (χ0) is 14.9. The largest absolute Gasteiger partial charge is 0.374 e. The van der Waals surface area contributed by atoms with Gasteiger partial charge in [-0.3, -0.25) is 4.99 Å². The van der Waals surface area contributed by atoms with Crippen LogP contribution < -0.4 is 5.32 Å². The molecular weight excluding hydrogens is 401 g/mol. The van der Waals surface area contributed by atoms with Crippen LogP contribution in [-0.2, 0) is 4.74 Å². The second-order valence-corrected chi connectivity index (χ2v) is 7.36. The molecule has 4 atom stereocenters. The van der Waals surface area contributed by atoms with Gasteiger partial charge in [0.1, 0.15) is 0 Å². The van der Waals surface area contributed by atoms with Crippen LogP contribution in [0.4, 0.5) is 0 Å². The van der Waals surface area contributed by atoms with E-state index in [0.29, 0.717) is 12.2 Å². The quantitative estimate of drug-likeness (QED) is 0.323. The zero-order valence-electron chi connectivity index (χ0n) is 14.2. The number of rotatable bonds is 3. The molecule has 0 saturated carbocycles. The van der Waals surface area contributed by atoms with E-state index >= 15 is 0 Å². The summed E-state index contributed by atoms with van der Waals surface area (Å²) in [6, 6.07) is 0. The molecule has 4 unspecified atom stereocenters. The van der Waals surface area contributed by atoms with Crippen LogP contribution in [0, 0.1) is 11.8 Å². The van der Waals surface area contributed by atoms with Crippen LogP contribution in [0.2, 0.25) is 0 Å². The van der Waals surface area contributed by atoms with Crippen molar-refractivity contribution in [1.29, 1.82) is 0 Å². The number of guanidine groups is 1. The first-order valence-electron chi connectivity index (χ1n) is 9.14. The Bertz CT molecular complexity index is 461. The molecule has 3 fully saturated rings. The Morgan fingerprint density at radius 3 is 2.61 bits per heavy atom. The van der Waals surface area contributed by atoms with E-state index in [0.717, 1.165) is 37.4 Å². The molecule has 0 amide bonds. The van der Waals surface area contributed by atoms with E-state index in [1.54, 1.807) is 5.57 Å². The minimum atomic E-state index is 0. The SMILES string of the molecule is CN=C(NCCC1=CCCCC1)N1CC2C3CCC(O3)C2C1.I. The fraction of sp³-hybridized carbons (Fsp3) is 0.833. The van der Waals surface area contributed by atoms with Crippen molar-refractivity contribution in [2.75, 3.05) is 26.7 Å². The number of nitrogens with one attached hydrogen (secondary N) is 1. The minimum Gasteiger partial charge on any atom is -0.374 e. The third-order valence-corrected chi connectivity index (χ3v) is 6.08. The number of halogens is 1. The highest BCUT2D eigenvalue weighted by Crippen LogP contribution is 2.47. The van der Waals surface area contributed by atoms with Crippen molar-refractivity contribution in [3.8, 4) is 0 Å². The average molecular weight is 431 g/mol. The van der Waals surface area contributed by atoms with Crippen LogP contribution in [0.15, 0.2) is 16.6 Å². The second kappa shape index (κ2) is 7.72. The molecule has 4 aliphatic rings. The highest BCUT2D eigenvalue weighted by molar-refractivity contribution is 14.0. The van der Waals surface area contributed by atoms with Gasteiger partial charge in [-0.2, -0.15) is 0 Å². The summed E-state index contributed by atoms with van der Waals surface area (Å²) in [6.07, 6.45) is 12.6. The van der Waals surface area contributed by atoms with Crippen LogP contribution in [-0.4, -0.2) is 49.7 Å². The van der Waals surface area contributed by atoms with Crippen molar-refractivity contribution in [1.82, 2.24) is 10.2 Å². The Labute approximate surface area is 157 Å². The summed E-state index contributed by atoms with van der Waals surface area (Å²) in [6.45, 7) is 3.29. The molecule has 1 aliphatic carbocycles. The van der Waals surface area contributed by atoms with Gasteiger partial charge in [-0.1, -0.05) is 11.6 Å². The summed E-state index contributed by atoms with van der Waals surface area (Å²) in [4.78, 5) is 6.99. The fourth-order valence-corrected chi connectivity index (χ4v) is 4.93. The number of hydrogen-bond donors (Lipinski definition) is 1. The molecule has 3 aliphatic heterocycles. The van der Waals surface area contributed by atoms with Crippen molar-refractivity contribution < 1.29 is 4.74 Å². The van der Waals surface area contributed by atoms with E-state index in [1.165, 1.54) is 44.9 Å². The summed E-state index contributed by atoms with van der Waals surface area (Å²) >= 11 is 0. The Balaban J connectivity index is 0.00000156. The number of hydrogen-bond acceptors (Lipinski definition) is 2. The molecule has 0 aromatic rings. The highest BCUT2D eigenvalue weighted by Gasteiger charge is 2.53. The molecular formula is C18H30IN3O. The van der Waals surface area contributed by atoms with Crippen LogP contribution in [0.3, 0.4) is 0 Å². The standard InChI is InChI=1S/C18H29N3O.HI/c1-19-18(20-10-9-13-5-3-2-4-6-13)21-11-14-15(12-21)17-8-7-16(14)22-17;/h5,14-17H,2-4,6-12H2,1H3,(H,19,20);1H. The maximum Gasteiger partial charge on any atom is 0.193 e. The lowest BCUT2D eigenvalue weighted by molar-refractivity contribution is 0.0767. The number of aliphatic imine (C=N–C) groups is 1. The molecule has 2 bridgehead atoms. The Morgan fingerprint density at radius 2 is 2.00 bits per heavy atom. The van der Waals surface area contributed by atoms with Crippen LogP contribution in [0.1, 0.15) is 44.9 Å². The van der Waals surface area contributed by atoms with Gasteiger partial charge in [0, 0.05) is 38.5 Å². The van der Waals surface area contributed by atoms with E-state index < -0.39 is 0 Å². The topological polar surface area (TPSA) is 36.9 Å². The van der Waals surface area contributed by atoms with Crippen LogP contribution >= 0.6 is 24.0 Å². The molecule has 130 valence electrons. The molecule has 0 aromatic heterocycles. The first kappa shape index (κ1) is 17.5. The van der Waals surface area contributed by atoms with Gasteiger partial charge >= 0.3 is 0 Å². The van der Waals surface area contributed by atoms with E-state index in [1.807, 2.05) is 7.05 Å². The van der Waals surface area contributed by atoms with E-state index in [9.17, 15) is 0 Å². The van der Waals surface area contributed by atoms with E-state index in [4.69, 9.17) is 4.74 Å². The van der Waals surface area contributed by atoms with Crippen molar-refractivity contribution >= 4 is 29.9 Å². The van der Waals surface area contributed by atoms with Crippen molar-refractivity contribution in [2.24, 2.45) is 16.8 Å². The Hall–Kier alpha value is -0.300. The number of likely N-dealkylation sites (tertiary alicyclic amines) is 1. The lowest BCUT2D eigenvalue weighted by Gasteiger charge is -2.24. The molecule has 0 radical (unpaired) electrons. The molecule has 0 aromatic carbocycles. The number of ether oxygens (including phenoxy) is 1. The first-order chi connectivity index (χ1) is 10.8. The normalized spacial score (nSPS) is 35.8. The fourth-order valence-electron chi connectivity index (χ4n) is 4.93. The second-order valence-electron chi connectivity index (χ2n) is 7.36. The van der Waals surface area contributed by atoms with Gasteiger partial charge in [-0.05, 0) is 44.9 Å². The molecule has 23 heavy (non-hydrogen) atoms. The number of nitrogens with zero attached hydrogens (tertiary/aromatic N) is 2. The molecule has 3 heterocycles. The summed E-state index contributed by atoms with van der Waals surface area (Å²) in [5, 5.41) is 3.59. The highest BCUT2D eigenvalue weighted by atomic mass is 127. The zero-order valence-corrected chi connectivity index (χ0v) is 16.5. The molecule has 4 nitrogen and oxygen atoms in total. The summed E-state index contributed by atoms with van der Waals surface area (Å²) in [5.74, 6) is 2.60. The predicted octanol–water partition coefficient (Wildman–Crippen LogP) is 3.18.